The van der Waals surface area contributed by atoms with Gasteiger partial charge in [0, 0.05) is 17.4 Å². The summed E-state index contributed by atoms with van der Waals surface area (Å²) in [6.45, 7) is 0. The minimum Gasteiger partial charge on any atom is -0.469 e. The average Bonchev–Trinajstić information content (AvgIpc) is 2.47. The van der Waals surface area contributed by atoms with Gasteiger partial charge in [-0.1, -0.05) is 12.1 Å². The number of methoxy groups -OCH3 is 1. The van der Waals surface area contributed by atoms with E-state index in [0.29, 0.717) is 11.4 Å². The first-order valence-electron chi connectivity index (χ1n) is 6.04. The molecule has 2 aromatic rings. The summed E-state index contributed by atoms with van der Waals surface area (Å²) < 4.78 is 4.43. The van der Waals surface area contributed by atoms with Gasteiger partial charge in [-0.05, 0) is 29.8 Å². The Kier molecular flexibility index (Phi) is 4.84. The van der Waals surface area contributed by atoms with Crippen LogP contribution >= 0.6 is 11.6 Å². The quantitative estimate of drug-likeness (QED) is 0.532. The molecule has 1 amide bonds. The number of aromatic nitrogens is 2. The van der Waals surface area contributed by atoms with Gasteiger partial charge in [0.2, 0.25) is 11.2 Å². The first-order valence-corrected chi connectivity index (χ1v) is 6.42. The van der Waals surface area contributed by atoms with Crippen LogP contribution in [0.3, 0.4) is 0 Å². The molecular formula is C14H12ClN3O3. The smallest absolute Gasteiger partial charge is 0.315 e. The molecule has 0 spiro atoms. The number of halogens is 1. The molecule has 1 aromatic carbocycles. The van der Waals surface area contributed by atoms with E-state index in [9.17, 15) is 9.59 Å². The Morgan fingerprint density at radius 1 is 1.33 bits per heavy atom. The number of anilines is 1. The molecule has 0 fully saturated rings. The molecule has 0 saturated heterocycles. The molecule has 0 aliphatic heterocycles. The van der Waals surface area contributed by atoms with Gasteiger partial charge in [-0.25, -0.2) is 9.97 Å². The number of esters is 1. The predicted octanol–water partition coefficient (Wildman–Crippen LogP) is 2.30. The fraction of sp³-hybridized carbons (Fsp3) is 0.143. The van der Waals surface area contributed by atoms with E-state index >= 15 is 0 Å². The van der Waals surface area contributed by atoms with Crippen molar-refractivity contribution in [2.24, 2.45) is 0 Å². The molecular weight excluding hydrogens is 294 g/mol. The number of nitrogens with one attached hydrogen (secondary N) is 1. The van der Waals surface area contributed by atoms with Crippen molar-refractivity contribution in [3.63, 3.8) is 0 Å². The lowest BCUT2D eigenvalue weighted by Crippen LogP contribution is -2.17. The van der Waals surface area contributed by atoms with Crippen molar-refractivity contribution in [1.82, 2.24) is 9.97 Å². The minimum absolute atomic E-state index is 0.146. The first kappa shape index (κ1) is 14.9. The van der Waals surface area contributed by atoms with Crippen molar-refractivity contribution in [2.75, 3.05) is 12.4 Å². The van der Waals surface area contributed by atoms with E-state index < -0.39 is 11.9 Å². The van der Waals surface area contributed by atoms with E-state index in [2.05, 4.69) is 20.0 Å². The Balaban J connectivity index is 2.15. The summed E-state index contributed by atoms with van der Waals surface area (Å²) in [5.41, 5.74) is 1.96. The number of ether oxygens (including phenoxy) is 1. The van der Waals surface area contributed by atoms with Gasteiger partial charge in [0.1, 0.15) is 6.42 Å². The van der Waals surface area contributed by atoms with Crippen LogP contribution in [0.1, 0.15) is 6.42 Å². The van der Waals surface area contributed by atoms with Crippen LogP contribution in [0.15, 0.2) is 36.5 Å². The number of amides is 1. The maximum atomic E-state index is 11.6. The van der Waals surface area contributed by atoms with E-state index in [1.165, 1.54) is 7.11 Å². The number of carbonyl (C=O) groups excluding carboxylic acids is 2. The number of hydrogen-bond acceptors (Lipinski definition) is 5. The van der Waals surface area contributed by atoms with E-state index in [-0.39, 0.29) is 11.7 Å². The van der Waals surface area contributed by atoms with Crippen LogP contribution in [0.25, 0.3) is 11.3 Å². The van der Waals surface area contributed by atoms with Gasteiger partial charge in [0.15, 0.2) is 0 Å². The van der Waals surface area contributed by atoms with E-state index in [0.717, 1.165) is 5.56 Å². The van der Waals surface area contributed by atoms with Crippen LogP contribution in [0, 0.1) is 0 Å². The number of carbonyl (C=O) groups is 2. The van der Waals surface area contributed by atoms with Crippen molar-refractivity contribution < 1.29 is 14.3 Å². The van der Waals surface area contributed by atoms with Crippen LogP contribution in [-0.2, 0) is 14.3 Å². The van der Waals surface area contributed by atoms with Crippen LogP contribution in [-0.4, -0.2) is 29.0 Å². The Bertz CT molecular complexity index is 676. The maximum Gasteiger partial charge on any atom is 0.315 e. The van der Waals surface area contributed by atoms with E-state index in [4.69, 9.17) is 11.6 Å². The lowest BCUT2D eigenvalue weighted by atomic mass is 10.1. The van der Waals surface area contributed by atoms with Gasteiger partial charge in [0.25, 0.3) is 0 Å². The highest BCUT2D eigenvalue weighted by Gasteiger charge is 2.10. The summed E-state index contributed by atoms with van der Waals surface area (Å²) in [5, 5.41) is 2.76. The molecule has 0 unspecified atom stereocenters. The molecule has 0 radical (unpaired) electrons. The SMILES string of the molecule is COC(=O)CC(=O)Nc1cccc(-c2ccnc(Cl)n2)c1. The monoisotopic (exact) mass is 305 g/mol. The summed E-state index contributed by atoms with van der Waals surface area (Å²) in [6, 6.07) is 8.74. The van der Waals surface area contributed by atoms with Gasteiger partial charge in [-0.3, -0.25) is 9.59 Å². The number of nitrogens with zero attached hydrogens (tertiary/aromatic N) is 2. The summed E-state index contributed by atoms with van der Waals surface area (Å²) >= 11 is 5.75. The molecule has 7 heteroatoms. The molecule has 6 nitrogen and oxygen atoms in total. The zero-order chi connectivity index (χ0) is 15.2. The molecule has 108 valence electrons. The van der Waals surface area contributed by atoms with Crippen molar-refractivity contribution in [3.05, 3.63) is 41.8 Å². The Hall–Kier alpha value is -2.47. The minimum atomic E-state index is -0.591. The van der Waals surface area contributed by atoms with Gasteiger partial charge < -0.3 is 10.1 Å². The fourth-order valence-electron chi connectivity index (χ4n) is 1.66. The second kappa shape index (κ2) is 6.81. The Morgan fingerprint density at radius 3 is 2.86 bits per heavy atom. The normalized spacial score (nSPS) is 10.0. The number of rotatable bonds is 4. The van der Waals surface area contributed by atoms with Gasteiger partial charge in [-0.2, -0.15) is 0 Å². The summed E-state index contributed by atoms with van der Waals surface area (Å²) in [6.07, 6.45) is 1.22. The predicted molar refractivity (Wildman–Crippen MR) is 77.7 cm³/mol. The van der Waals surface area contributed by atoms with E-state index in [1.807, 2.05) is 6.07 Å². The molecule has 2 rings (SSSR count). The van der Waals surface area contributed by atoms with Crippen molar-refractivity contribution >= 4 is 29.2 Å². The van der Waals surface area contributed by atoms with Gasteiger partial charge in [0.05, 0.1) is 12.8 Å². The molecule has 0 atom stereocenters. The second-order valence-electron chi connectivity index (χ2n) is 4.09. The second-order valence-corrected chi connectivity index (χ2v) is 4.43. The summed E-state index contributed by atoms with van der Waals surface area (Å²) in [7, 11) is 1.23. The molecule has 0 saturated carbocycles. The Labute approximate surface area is 126 Å². The van der Waals surface area contributed by atoms with Crippen LogP contribution < -0.4 is 5.32 Å². The molecule has 1 N–H and O–H groups in total. The molecule has 0 aliphatic rings. The average molecular weight is 306 g/mol. The molecule has 0 aliphatic carbocycles. The molecule has 21 heavy (non-hydrogen) atoms. The largest absolute Gasteiger partial charge is 0.469 e. The topological polar surface area (TPSA) is 81.2 Å². The van der Waals surface area contributed by atoms with Crippen molar-refractivity contribution in [1.29, 1.82) is 0 Å². The third-order valence-electron chi connectivity index (χ3n) is 2.60. The van der Waals surface area contributed by atoms with Gasteiger partial charge >= 0.3 is 5.97 Å². The van der Waals surface area contributed by atoms with Crippen LogP contribution in [0.2, 0.25) is 5.28 Å². The number of hydrogen-bond donors (Lipinski definition) is 1. The highest BCUT2D eigenvalue weighted by atomic mass is 35.5. The zero-order valence-corrected chi connectivity index (χ0v) is 11.9. The lowest BCUT2D eigenvalue weighted by molar-refractivity contribution is -0.142. The highest BCUT2D eigenvalue weighted by Crippen LogP contribution is 2.21. The fourth-order valence-corrected chi connectivity index (χ4v) is 1.81. The zero-order valence-electron chi connectivity index (χ0n) is 11.2. The molecule has 1 heterocycles. The highest BCUT2D eigenvalue weighted by molar-refractivity contribution is 6.28. The summed E-state index contributed by atoms with van der Waals surface area (Å²) in [4.78, 5) is 30.6. The lowest BCUT2D eigenvalue weighted by Gasteiger charge is -2.07. The maximum absolute atomic E-state index is 11.6. The Morgan fingerprint density at radius 2 is 2.14 bits per heavy atom. The third-order valence-corrected chi connectivity index (χ3v) is 2.78. The first-order chi connectivity index (χ1) is 10.1. The third kappa shape index (κ3) is 4.25. The number of benzene rings is 1. The van der Waals surface area contributed by atoms with E-state index in [1.54, 1.807) is 30.5 Å². The van der Waals surface area contributed by atoms with Crippen molar-refractivity contribution in [3.8, 4) is 11.3 Å². The summed E-state index contributed by atoms with van der Waals surface area (Å²) in [5.74, 6) is -1.04. The standard InChI is InChI=1S/C14H12ClN3O3/c1-21-13(20)8-12(19)17-10-4-2-3-9(7-10)11-5-6-16-14(15)18-11/h2-7H,8H2,1H3,(H,17,19). The molecule has 1 aromatic heterocycles. The van der Waals surface area contributed by atoms with Crippen molar-refractivity contribution in [2.45, 2.75) is 6.42 Å². The van der Waals surface area contributed by atoms with Gasteiger partial charge in [-0.15, -0.1) is 0 Å². The molecule has 0 bridgehead atoms. The van der Waals surface area contributed by atoms with Crippen LogP contribution in [0.4, 0.5) is 5.69 Å². The van der Waals surface area contributed by atoms with Crippen LogP contribution in [0.5, 0.6) is 0 Å².